The number of rotatable bonds is 6. The predicted molar refractivity (Wildman–Crippen MR) is 99.1 cm³/mol. The van der Waals surface area contributed by atoms with Gasteiger partial charge in [-0.25, -0.2) is 0 Å². The summed E-state index contributed by atoms with van der Waals surface area (Å²) in [5.74, 6) is 1.68. The van der Waals surface area contributed by atoms with Gasteiger partial charge in [-0.15, -0.1) is 12.4 Å². The fourth-order valence-electron chi connectivity index (χ4n) is 3.09. The van der Waals surface area contributed by atoms with Crippen LogP contribution in [0, 0.1) is 0 Å². The van der Waals surface area contributed by atoms with Gasteiger partial charge in [0.05, 0.1) is 0 Å². The molecule has 1 heterocycles. The van der Waals surface area contributed by atoms with E-state index in [4.69, 9.17) is 4.74 Å². The second kappa shape index (κ2) is 9.64. The maximum atomic E-state index is 9.46. The van der Waals surface area contributed by atoms with E-state index in [1.54, 1.807) is 0 Å². The Morgan fingerprint density at radius 2 is 1.71 bits per heavy atom. The van der Waals surface area contributed by atoms with Crippen molar-refractivity contribution in [2.24, 2.45) is 0 Å². The van der Waals surface area contributed by atoms with Crippen molar-refractivity contribution in [3.63, 3.8) is 0 Å². The molecule has 0 radical (unpaired) electrons. The number of hydrogen-bond acceptors (Lipinski definition) is 4. The molecular weight excluding hydrogens is 324 g/mol. The molecule has 5 heteroatoms. The zero-order chi connectivity index (χ0) is 15.9. The molecule has 0 spiro atoms. The first-order valence-corrected chi connectivity index (χ1v) is 8.25. The van der Waals surface area contributed by atoms with Gasteiger partial charge in [-0.1, -0.05) is 30.3 Å². The Morgan fingerprint density at radius 3 is 2.42 bits per heavy atom. The number of aliphatic hydroxyl groups is 1. The van der Waals surface area contributed by atoms with Gasteiger partial charge in [-0.3, -0.25) is 4.90 Å². The number of nitrogens with one attached hydrogen (secondary N) is 1. The molecule has 1 atom stereocenters. The van der Waals surface area contributed by atoms with Gasteiger partial charge in [0.2, 0.25) is 0 Å². The molecule has 0 saturated carbocycles. The molecule has 2 aromatic rings. The van der Waals surface area contributed by atoms with Crippen molar-refractivity contribution < 1.29 is 9.84 Å². The van der Waals surface area contributed by atoms with E-state index in [-0.39, 0.29) is 25.1 Å². The van der Waals surface area contributed by atoms with Gasteiger partial charge >= 0.3 is 0 Å². The van der Waals surface area contributed by atoms with Crippen molar-refractivity contribution in [3.05, 3.63) is 60.2 Å². The number of aliphatic hydroxyl groups excluding tert-OH is 1. The van der Waals surface area contributed by atoms with Crippen LogP contribution in [0.2, 0.25) is 0 Å². The minimum absolute atomic E-state index is 0. The Hall–Kier alpha value is -1.59. The summed E-state index contributed by atoms with van der Waals surface area (Å²) in [6.45, 7) is 4.21. The zero-order valence-electron chi connectivity index (χ0n) is 13.7. The maximum absolute atomic E-state index is 9.46. The Morgan fingerprint density at radius 1 is 1.00 bits per heavy atom. The maximum Gasteiger partial charge on any atom is 0.127 e. The first-order chi connectivity index (χ1) is 11.4. The van der Waals surface area contributed by atoms with Gasteiger partial charge in [0.15, 0.2) is 0 Å². The lowest BCUT2D eigenvalue weighted by Crippen LogP contribution is -2.45. The molecule has 130 valence electrons. The predicted octanol–water partition coefficient (Wildman–Crippen LogP) is 3.23. The second-order valence-corrected chi connectivity index (χ2v) is 5.80. The summed E-state index contributed by atoms with van der Waals surface area (Å²) < 4.78 is 5.94. The molecule has 0 aromatic heterocycles. The molecule has 1 aliphatic heterocycles. The SMILES string of the molecule is Cl.OCC[C@H](c1cccc(Oc2ccccc2)c1)N1CCNCC1. The van der Waals surface area contributed by atoms with E-state index in [1.165, 1.54) is 5.56 Å². The standard InChI is InChI=1S/C19H24N2O2.ClH/c22-14-9-19(21-12-10-20-11-13-21)16-5-4-8-18(15-16)23-17-6-2-1-3-7-17;/h1-8,15,19-20,22H,9-14H2;1H/t19-;/m1./s1. The Kier molecular flexibility index (Phi) is 7.53. The largest absolute Gasteiger partial charge is 0.457 e. The molecule has 24 heavy (non-hydrogen) atoms. The molecule has 1 fully saturated rings. The van der Waals surface area contributed by atoms with E-state index in [2.05, 4.69) is 22.3 Å². The van der Waals surface area contributed by atoms with Crippen LogP contribution in [-0.4, -0.2) is 42.8 Å². The van der Waals surface area contributed by atoms with E-state index in [0.29, 0.717) is 0 Å². The number of nitrogens with zero attached hydrogens (tertiary/aromatic N) is 1. The van der Waals surface area contributed by atoms with Crippen LogP contribution < -0.4 is 10.1 Å². The Bertz CT molecular complexity index is 603. The van der Waals surface area contributed by atoms with Gasteiger partial charge in [-0.2, -0.15) is 0 Å². The van der Waals surface area contributed by atoms with Crippen LogP contribution in [0.1, 0.15) is 18.0 Å². The highest BCUT2D eigenvalue weighted by Gasteiger charge is 2.22. The fourth-order valence-corrected chi connectivity index (χ4v) is 3.09. The van der Waals surface area contributed by atoms with Crippen LogP contribution in [0.4, 0.5) is 0 Å². The Labute approximate surface area is 149 Å². The smallest absolute Gasteiger partial charge is 0.127 e. The molecule has 2 N–H and O–H groups in total. The lowest BCUT2D eigenvalue weighted by atomic mass is 10.0. The summed E-state index contributed by atoms with van der Waals surface area (Å²) in [6, 6.07) is 18.3. The molecule has 1 aliphatic rings. The van der Waals surface area contributed by atoms with Crippen LogP contribution >= 0.6 is 12.4 Å². The summed E-state index contributed by atoms with van der Waals surface area (Å²) >= 11 is 0. The van der Waals surface area contributed by atoms with Crippen LogP contribution in [0.3, 0.4) is 0 Å². The van der Waals surface area contributed by atoms with E-state index in [9.17, 15) is 5.11 Å². The molecular formula is C19H25ClN2O2. The first-order valence-electron chi connectivity index (χ1n) is 8.25. The van der Waals surface area contributed by atoms with Crippen molar-refractivity contribution in [2.75, 3.05) is 32.8 Å². The van der Waals surface area contributed by atoms with Crippen LogP contribution in [-0.2, 0) is 0 Å². The minimum atomic E-state index is 0. The average Bonchev–Trinajstić information content (AvgIpc) is 2.61. The van der Waals surface area contributed by atoms with Crippen molar-refractivity contribution in [3.8, 4) is 11.5 Å². The van der Waals surface area contributed by atoms with Crippen LogP contribution in [0.25, 0.3) is 0 Å². The molecule has 2 aromatic carbocycles. The monoisotopic (exact) mass is 348 g/mol. The fraction of sp³-hybridized carbons (Fsp3) is 0.368. The molecule has 0 bridgehead atoms. The molecule has 4 nitrogen and oxygen atoms in total. The lowest BCUT2D eigenvalue weighted by Gasteiger charge is -2.35. The van der Waals surface area contributed by atoms with Gasteiger partial charge in [0, 0.05) is 38.8 Å². The third-order valence-corrected chi connectivity index (χ3v) is 4.22. The topological polar surface area (TPSA) is 44.7 Å². The Balaban J connectivity index is 0.00000208. The normalized spacial score (nSPS) is 16.2. The average molecular weight is 349 g/mol. The lowest BCUT2D eigenvalue weighted by molar-refractivity contribution is 0.141. The van der Waals surface area contributed by atoms with Crippen molar-refractivity contribution in [1.82, 2.24) is 10.2 Å². The van der Waals surface area contributed by atoms with Gasteiger partial charge in [0.1, 0.15) is 11.5 Å². The summed E-state index contributed by atoms with van der Waals surface area (Å²) in [4.78, 5) is 2.44. The highest BCUT2D eigenvalue weighted by Crippen LogP contribution is 2.29. The summed E-state index contributed by atoms with van der Waals surface area (Å²) in [5.41, 5.74) is 1.20. The number of para-hydroxylation sites is 1. The van der Waals surface area contributed by atoms with Crippen LogP contribution in [0.5, 0.6) is 11.5 Å². The third kappa shape index (κ3) is 4.95. The van der Waals surface area contributed by atoms with Gasteiger partial charge in [-0.05, 0) is 36.2 Å². The molecule has 0 unspecified atom stereocenters. The highest BCUT2D eigenvalue weighted by atomic mass is 35.5. The van der Waals surface area contributed by atoms with Crippen molar-refractivity contribution >= 4 is 12.4 Å². The molecule has 0 amide bonds. The quantitative estimate of drug-likeness (QED) is 0.841. The summed E-state index contributed by atoms with van der Waals surface area (Å²) in [7, 11) is 0. The van der Waals surface area contributed by atoms with E-state index < -0.39 is 0 Å². The first kappa shape index (κ1) is 18.7. The van der Waals surface area contributed by atoms with E-state index in [0.717, 1.165) is 44.1 Å². The summed E-state index contributed by atoms with van der Waals surface area (Å²) in [5, 5.41) is 12.8. The number of ether oxygens (including phenoxy) is 1. The zero-order valence-corrected chi connectivity index (χ0v) is 14.5. The van der Waals surface area contributed by atoms with Gasteiger partial charge < -0.3 is 15.2 Å². The minimum Gasteiger partial charge on any atom is -0.457 e. The molecule has 1 saturated heterocycles. The number of piperazine rings is 1. The van der Waals surface area contributed by atoms with Crippen LogP contribution in [0.15, 0.2) is 54.6 Å². The van der Waals surface area contributed by atoms with E-state index in [1.807, 2.05) is 42.5 Å². The number of benzene rings is 2. The summed E-state index contributed by atoms with van der Waals surface area (Å²) in [6.07, 6.45) is 0.745. The molecule has 0 aliphatic carbocycles. The van der Waals surface area contributed by atoms with E-state index >= 15 is 0 Å². The number of halogens is 1. The van der Waals surface area contributed by atoms with Crippen molar-refractivity contribution in [2.45, 2.75) is 12.5 Å². The third-order valence-electron chi connectivity index (χ3n) is 4.22. The van der Waals surface area contributed by atoms with Gasteiger partial charge in [0.25, 0.3) is 0 Å². The highest BCUT2D eigenvalue weighted by molar-refractivity contribution is 5.85. The molecule has 3 rings (SSSR count). The van der Waals surface area contributed by atoms with Crippen molar-refractivity contribution in [1.29, 1.82) is 0 Å². The number of hydrogen-bond donors (Lipinski definition) is 2. The second-order valence-electron chi connectivity index (χ2n) is 5.80.